The highest BCUT2D eigenvalue weighted by Gasteiger charge is 2.16. The van der Waals surface area contributed by atoms with Gasteiger partial charge in [0.1, 0.15) is 5.82 Å². The van der Waals surface area contributed by atoms with Crippen molar-refractivity contribution in [2.45, 2.75) is 57.7 Å². The van der Waals surface area contributed by atoms with Crippen LogP contribution in [-0.2, 0) is 29.0 Å². The van der Waals surface area contributed by atoms with Crippen LogP contribution in [-0.4, -0.2) is 60.2 Å². The van der Waals surface area contributed by atoms with Crippen LogP contribution in [0.2, 0.25) is 0 Å². The fraction of sp³-hybridized carbons (Fsp3) is 0.824. The number of rotatable bonds is 8. The maximum absolute atomic E-state index is 5.67. The quantitative estimate of drug-likeness (QED) is 0.255. The van der Waals surface area contributed by atoms with Crippen LogP contribution in [0.1, 0.15) is 43.8 Å². The minimum atomic E-state index is 0. The normalized spacial score (nSPS) is 19.7. The minimum absolute atomic E-state index is 0. The number of nitrogens with zero attached hydrogens (tertiary/aromatic N) is 4. The van der Waals surface area contributed by atoms with Gasteiger partial charge in [-0.3, -0.25) is 4.99 Å². The van der Waals surface area contributed by atoms with Gasteiger partial charge in [-0.15, -0.1) is 34.2 Å². The van der Waals surface area contributed by atoms with Gasteiger partial charge in [0.25, 0.3) is 0 Å². The Bertz CT molecular complexity index is 559. The van der Waals surface area contributed by atoms with Gasteiger partial charge in [-0.2, -0.15) is 0 Å². The second-order valence-electron chi connectivity index (χ2n) is 6.56. The Morgan fingerprint density at radius 1 is 1.31 bits per heavy atom. The van der Waals surface area contributed by atoms with Crippen LogP contribution in [0.5, 0.6) is 0 Å². The number of aryl methyl sites for hydroxylation is 1. The van der Waals surface area contributed by atoms with Gasteiger partial charge in [-0.25, -0.2) is 0 Å². The van der Waals surface area contributed by atoms with E-state index in [1.54, 1.807) is 7.05 Å². The van der Waals surface area contributed by atoms with Crippen LogP contribution in [0.3, 0.4) is 0 Å². The summed E-state index contributed by atoms with van der Waals surface area (Å²) in [5.74, 6) is 2.87. The topological polar surface area (TPSA) is 85.6 Å². The van der Waals surface area contributed by atoms with E-state index in [1.165, 1.54) is 12.8 Å². The van der Waals surface area contributed by atoms with Gasteiger partial charge in [0, 0.05) is 39.8 Å². The lowest BCUT2D eigenvalue weighted by Crippen LogP contribution is -2.38. The molecule has 1 aromatic rings. The van der Waals surface area contributed by atoms with Crippen LogP contribution in [0.4, 0.5) is 0 Å². The van der Waals surface area contributed by atoms with Crippen molar-refractivity contribution < 1.29 is 9.47 Å². The minimum Gasteiger partial charge on any atom is -0.379 e. The Balaban J connectivity index is 0.00000243. The number of guanidine groups is 1. The number of aliphatic imine (C=N–C) groups is 1. The zero-order valence-corrected chi connectivity index (χ0v) is 17.9. The van der Waals surface area contributed by atoms with Crippen molar-refractivity contribution in [3.63, 3.8) is 0 Å². The Labute approximate surface area is 172 Å². The molecule has 1 fully saturated rings. The highest BCUT2D eigenvalue weighted by molar-refractivity contribution is 14.0. The van der Waals surface area contributed by atoms with Gasteiger partial charge in [0.2, 0.25) is 0 Å². The summed E-state index contributed by atoms with van der Waals surface area (Å²) in [5.41, 5.74) is 0. The molecular weight excluding hydrogens is 447 g/mol. The molecule has 26 heavy (non-hydrogen) atoms. The van der Waals surface area contributed by atoms with Crippen LogP contribution in [0.25, 0.3) is 0 Å². The largest absolute Gasteiger partial charge is 0.379 e. The van der Waals surface area contributed by atoms with E-state index in [2.05, 4.69) is 30.4 Å². The summed E-state index contributed by atoms with van der Waals surface area (Å²) < 4.78 is 13.4. The average molecular weight is 478 g/mol. The summed E-state index contributed by atoms with van der Waals surface area (Å²) in [5, 5.41) is 15.2. The first-order chi connectivity index (χ1) is 12.4. The molecule has 1 unspecified atom stereocenters. The van der Waals surface area contributed by atoms with Gasteiger partial charge < -0.3 is 24.7 Å². The molecule has 9 heteroatoms. The van der Waals surface area contributed by atoms with E-state index in [1.807, 2.05) is 0 Å². The summed E-state index contributed by atoms with van der Waals surface area (Å²) in [6, 6.07) is 0. The second-order valence-corrected chi connectivity index (χ2v) is 6.56. The molecular formula is C17H31IN6O2. The van der Waals surface area contributed by atoms with Crippen molar-refractivity contribution in [3.8, 4) is 0 Å². The van der Waals surface area contributed by atoms with Crippen LogP contribution in [0.15, 0.2) is 4.99 Å². The summed E-state index contributed by atoms with van der Waals surface area (Å²) >= 11 is 0. The third kappa shape index (κ3) is 6.34. The molecule has 0 bridgehead atoms. The Morgan fingerprint density at radius 2 is 2.23 bits per heavy atom. The number of ether oxygens (including phenoxy) is 2. The maximum atomic E-state index is 5.67. The highest BCUT2D eigenvalue weighted by Crippen LogP contribution is 2.14. The number of hydrogen-bond donors (Lipinski definition) is 2. The maximum Gasteiger partial charge on any atom is 0.191 e. The van der Waals surface area contributed by atoms with E-state index in [4.69, 9.17) is 9.47 Å². The van der Waals surface area contributed by atoms with E-state index < -0.39 is 0 Å². The van der Waals surface area contributed by atoms with Crippen molar-refractivity contribution in [1.82, 2.24) is 25.4 Å². The number of fused-ring (bicyclic) bond motifs is 1. The highest BCUT2D eigenvalue weighted by atomic mass is 127. The van der Waals surface area contributed by atoms with Gasteiger partial charge in [0.05, 0.1) is 19.3 Å². The van der Waals surface area contributed by atoms with Crippen molar-refractivity contribution in [3.05, 3.63) is 11.6 Å². The molecule has 3 rings (SSSR count). The second kappa shape index (κ2) is 11.7. The van der Waals surface area contributed by atoms with E-state index in [-0.39, 0.29) is 24.0 Å². The molecule has 2 aliphatic rings. The van der Waals surface area contributed by atoms with E-state index in [9.17, 15) is 0 Å². The lowest BCUT2D eigenvalue weighted by molar-refractivity contribution is 0.0168. The first-order valence-electron chi connectivity index (χ1n) is 9.41. The van der Waals surface area contributed by atoms with E-state index >= 15 is 0 Å². The molecule has 3 heterocycles. The SMILES string of the molecule is CN=C(NCCCOCC1CCCO1)NCc1nnc2n1CCCC2.I. The number of halogens is 1. The number of aromatic nitrogens is 3. The summed E-state index contributed by atoms with van der Waals surface area (Å²) in [4.78, 5) is 4.26. The third-order valence-corrected chi connectivity index (χ3v) is 4.66. The van der Waals surface area contributed by atoms with Gasteiger partial charge in [0.15, 0.2) is 11.8 Å². The Hall–Kier alpha value is -0.940. The molecule has 1 saturated heterocycles. The summed E-state index contributed by atoms with van der Waals surface area (Å²) in [6.45, 7) is 4.82. The average Bonchev–Trinajstić information content (AvgIpc) is 3.30. The van der Waals surface area contributed by atoms with Crippen molar-refractivity contribution in [1.29, 1.82) is 0 Å². The van der Waals surface area contributed by atoms with E-state index in [0.29, 0.717) is 19.3 Å². The first kappa shape index (κ1) is 21.4. The summed E-state index contributed by atoms with van der Waals surface area (Å²) in [7, 11) is 1.78. The monoisotopic (exact) mass is 478 g/mol. The van der Waals surface area contributed by atoms with Gasteiger partial charge in [-0.1, -0.05) is 0 Å². The van der Waals surface area contributed by atoms with Crippen molar-refractivity contribution in [2.75, 3.05) is 33.4 Å². The molecule has 1 atom stereocenters. The standard InChI is InChI=1S/C17H30N6O2.HI/c1-18-17(19-8-5-10-24-13-14-6-4-11-25-14)20-12-16-22-21-15-7-2-3-9-23(15)16;/h14H,2-13H2,1H3,(H2,18,19,20);1H. The third-order valence-electron chi connectivity index (χ3n) is 4.66. The lowest BCUT2D eigenvalue weighted by Gasteiger charge is -2.16. The molecule has 0 spiro atoms. The lowest BCUT2D eigenvalue weighted by atomic mass is 10.2. The summed E-state index contributed by atoms with van der Waals surface area (Å²) in [6.07, 6.45) is 6.98. The molecule has 8 nitrogen and oxygen atoms in total. The molecule has 0 amide bonds. The van der Waals surface area contributed by atoms with Crippen molar-refractivity contribution in [2.24, 2.45) is 4.99 Å². The Kier molecular flexibility index (Phi) is 9.62. The fourth-order valence-electron chi connectivity index (χ4n) is 3.25. The number of hydrogen-bond acceptors (Lipinski definition) is 5. The van der Waals surface area contributed by atoms with E-state index in [0.717, 1.165) is 69.6 Å². The van der Waals surface area contributed by atoms with Gasteiger partial charge in [-0.05, 0) is 32.1 Å². The van der Waals surface area contributed by atoms with Crippen molar-refractivity contribution >= 4 is 29.9 Å². The first-order valence-corrected chi connectivity index (χ1v) is 9.41. The fourth-order valence-corrected chi connectivity index (χ4v) is 3.25. The molecule has 0 saturated carbocycles. The molecule has 148 valence electrons. The van der Waals surface area contributed by atoms with Crippen LogP contribution in [0, 0.1) is 0 Å². The smallest absolute Gasteiger partial charge is 0.191 e. The molecule has 1 aromatic heterocycles. The molecule has 0 aliphatic carbocycles. The molecule has 2 aliphatic heterocycles. The molecule has 2 N–H and O–H groups in total. The molecule has 0 aromatic carbocycles. The van der Waals surface area contributed by atoms with Crippen LogP contribution >= 0.6 is 24.0 Å². The zero-order chi connectivity index (χ0) is 17.3. The predicted molar refractivity (Wildman–Crippen MR) is 111 cm³/mol. The zero-order valence-electron chi connectivity index (χ0n) is 15.6. The predicted octanol–water partition coefficient (Wildman–Crippen LogP) is 1.48. The molecule has 0 radical (unpaired) electrons. The number of nitrogens with one attached hydrogen (secondary N) is 2. The van der Waals surface area contributed by atoms with Gasteiger partial charge >= 0.3 is 0 Å². The van der Waals surface area contributed by atoms with Crippen LogP contribution < -0.4 is 10.6 Å². The Morgan fingerprint density at radius 3 is 3.04 bits per heavy atom.